The van der Waals surface area contributed by atoms with Crippen LogP contribution in [0.15, 0.2) is 8.95 Å². The van der Waals surface area contributed by atoms with Crippen LogP contribution in [0.5, 0.6) is 0 Å². The highest BCUT2D eigenvalue weighted by molar-refractivity contribution is 9.11. The van der Waals surface area contributed by atoms with Crippen molar-refractivity contribution < 1.29 is 0 Å². The Bertz CT molecular complexity index is 931. The number of hydrogen-bond donors (Lipinski definition) is 0. The van der Waals surface area contributed by atoms with E-state index in [9.17, 15) is 0 Å². The van der Waals surface area contributed by atoms with Crippen LogP contribution in [0.3, 0.4) is 0 Å². The van der Waals surface area contributed by atoms with E-state index in [1.807, 2.05) is 0 Å². The van der Waals surface area contributed by atoms with Gasteiger partial charge in [-0.2, -0.15) is 17.5 Å². The van der Waals surface area contributed by atoms with Gasteiger partial charge >= 0.3 is 0 Å². The zero-order chi connectivity index (χ0) is 14.0. The van der Waals surface area contributed by atoms with E-state index in [0.29, 0.717) is 41.1 Å². The van der Waals surface area contributed by atoms with Crippen molar-refractivity contribution in [1.82, 2.24) is 17.5 Å². The molecule has 2 aromatic heterocycles. The van der Waals surface area contributed by atoms with Crippen LogP contribution in [0.25, 0.3) is 32.8 Å². The standard InChI is InChI=1S/C10Br2Cl2N4S2/c11-3-5(13)1-2(8-10(3)18-20-16-8)6(14)4(12)9-7(1)15-19-17-9. The molecular weight excluding hydrogens is 471 g/mol. The lowest BCUT2D eigenvalue weighted by atomic mass is 10.1. The van der Waals surface area contributed by atoms with Crippen molar-refractivity contribution >= 4 is 111 Å². The maximum atomic E-state index is 6.48. The molecule has 0 atom stereocenters. The highest BCUT2D eigenvalue weighted by Gasteiger charge is 2.23. The first-order valence-corrected chi connectivity index (χ1v) is 8.93. The van der Waals surface area contributed by atoms with E-state index in [1.165, 1.54) is 0 Å². The van der Waals surface area contributed by atoms with Crippen molar-refractivity contribution in [2.75, 3.05) is 0 Å². The number of hydrogen-bond acceptors (Lipinski definition) is 6. The van der Waals surface area contributed by atoms with Gasteiger partial charge in [0.05, 0.1) is 42.4 Å². The number of rotatable bonds is 0. The van der Waals surface area contributed by atoms with E-state index in [2.05, 4.69) is 49.4 Å². The van der Waals surface area contributed by atoms with E-state index in [0.717, 1.165) is 34.2 Å². The van der Waals surface area contributed by atoms with Crippen molar-refractivity contribution in [3.63, 3.8) is 0 Å². The van der Waals surface area contributed by atoms with Crippen molar-refractivity contribution in [3.8, 4) is 0 Å². The Labute approximate surface area is 147 Å². The largest absolute Gasteiger partial charge is 0.172 e. The summed E-state index contributed by atoms with van der Waals surface area (Å²) in [6, 6.07) is 0. The molecule has 0 saturated heterocycles. The van der Waals surface area contributed by atoms with Crippen molar-refractivity contribution in [2.24, 2.45) is 0 Å². The second kappa shape index (κ2) is 4.69. The van der Waals surface area contributed by atoms with Gasteiger partial charge in [0.15, 0.2) is 0 Å². The van der Waals surface area contributed by atoms with Crippen LogP contribution in [0.1, 0.15) is 0 Å². The number of benzene rings is 2. The SMILES string of the molecule is Clc1c(Br)c2nsnc2c2c(Cl)c(Br)c3nsnc3c12. The minimum Gasteiger partial charge on any atom is -0.172 e. The second-order valence-electron chi connectivity index (χ2n) is 3.93. The number of halogens is 4. The fraction of sp³-hybridized carbons (Fsp3) is 0. The molecule has 0 aliphatic carbocycles. The quantitative estimate of drug-likeness (QED) is 0.331. The molecule has 0 spiro atoms. The zero-order valence-electron chi connectivity index (χ0n) is 9.12. The van der Waals surface area contributed by atoms with Crippen molar-refractivity contribution in [1.29, 1.82) is 0 Å². The molecule has 0 saturated carbocycles. The van der Waals surface area contributed by atoms with Crippen LogP contribution in [-0.4, -0.2) is 17.5 Å². The Balaban J connectivity index is 2.49. The first-order chi connectivity index (χ1) is 9.61. The summed E-state index contributed by atoms with van der Waals surface area (Å²) in [7, 11) is 0. The van der Waals surface area contributed by atoms with Crippen LogP contribution < -0.4 is 0 Å². The number of aromatic nitrogens is 4. The van der Waals surface area contributed by atoms with Gasteiger partial charge in [-0.3, -0.25) is 0 Å². The minimum atomic E-state index is 0.521. The summed E-state index contributed by atoms with van der Waals surface area (Å²) in [5.41, 5.74) is 2.82. The summed E-state index contributed by atoms with van der Waals surface area (Å²) < 4.78 is 18.6. The molecule has 4 nitrogen and oxygen atoms in total. The maximum absolute atomic E-state index is 6.48. The fourth-order valence-electron chi connectivity index (χ4n) is 2.08. The second-order valence-corrected chi connectivity index (χ2v) is 7.33. The van der Waals surface area contributed by atoms with E-state index >= 15 is 0 Å². The van der Waals surface area contributed by atoms with Gasteiger partial charge in [0.25, 0.3) is 0 Å². The lowest BCUT2D eigenvalue weighted by molar-refractivity contribution is 1.61. The normalized spacial score (nSPS) is 12.0. The van der Waals surface area contributed by atoms with Crippen LogP contribution >= 0.6 is 78.5 Å². The molecule has 0 bridgehead atoms. The first kappa shape index (κ1) is 13.5. The summed E-state index contributed by atoms with van der Waals surface area (Å²) in [5, 5.41) is 2.53. The third kappa shape index (κ3) is 1.63. The van der Waals surface area contributed by atoms with Crippen LogP contribution in [0.4, 0.5) is 0 Å². The van der Waals surface area contributed by atoms with E-state index < -0.39 is 0 Å². The Hall–Kier alpha value is -0.120. The summed E-state index contributed by atoms with van der Waals surface area (Å²) in [6.07, 6.45) is 0. The topological polar surface area (TPSA) is 51.6 Å². The molecule has 0 aliphatic heterocycles. The molecule has 0 radical (unpaired) electrons. The molecule has 0 amide bonds. The molecule has 100 valence electrons. The van der Waals surface area contributed by atoms with Crippen molar-refractivity contribution in [2.45, 2.75) is 0 Å². The number of fused-ring (bicyclic) bond motifs is 5. The molecule has 4 rings (SSSR count). The monoisotopic (exact) mass is 468 g/mol. The van der Waals surface area contributed by atoms with Gasteiger partial charge in [0.2, 0.25) is 0 Å². The van der Waals surface area contributed by atoms with Gasteiger partial charge in [-0.1, -0.05) is 23.2 Å². The highest BCUT2D eigenvalue weighted by atomic mass is 79.9. The average molecular weight is 471 g/mol. The summed E-state index contributed by atoms with van der Waals surface area (Å²) in [4.78, 5) is 0. The lowest BCUT2D eigenvalue weighted by Crippen LogP contribution is -1.87. The maximum Gasteiger partial charge on any atom is 0.121 e. The van der Waals surface area contributed by atoms with E-state index in [-0.39, 0.29) is 0 Å². The molecule has 0 N–H and O–H groups in total. The molecule has 0 unspecified atom stereocenters. The minimum absolute atomic E-state index is 0.521. The molecule has 0 aliphatic rings. The third-order valence-electron chi connectivity index (χ3n) is 2.94. The highest BCUT2D eigenvalue weighted by Crippen LogP contribution is 2.47. The molecule has 2 heterocycles. The molecule has 2 aromatic carbocycles. The van der Waals surface area contributed by atoms with Crippen LogP contribution in [0, 0.1) is 0 Å². The first-order valence-electron chi connectivity index (χ1n) is 5.13. The van der Waals surface area contributed by atoms with E-state index in [4.69, 9.17) is 23.2 Å². The van der Waals surface area contributed by atoms with Crippen LogP contribution in [-0.2, 0) is 0 Å². The smallest absolute Gasteiger partial charge is 0.121 e. The molecule has 0 fully saturated rings. The van der Waals surface area contributed by atoms with E-state index in [1.54, 1.807) is 0 Å². The molecule has 4 aromatic rings. The van der Waals surface area contributed by atoms with Gasteiger partial charge < -0.3 is 0 Å². The third-order valence-corrected chi connectivity index (χ3v) is 6.75. The summed E-state index contributed by atoms with van der Waals surface area (Å²) >= 11 is 22.1. The van der Waals surface area contributed by atoms with Gasteiger partial charge in [-0.05, 0) is 31.9 Å². The Kier molecular flexibility index (Phi) is 3.17. The fourth-order valence-corrected chi connectivity index (χ4v) is 4.94. The van der Waals surface area contributed by atoms with Crippen molar-refractivity contribution in [3.05, 3.63) is 19.0 Å². The Morgan fingerprint density at radius 2 is 1.00 bits per heavy atom. The van der Waals surface area contributed by atoms with Gasteiger partial charge in [-0.15, -0.1) is 0 Å². The Morgan fingerprint density at radius 1 is 0.650 bits per heavy atom. The average Bonchev–Trinajstić information content (AvgIpc) is 3.08. The van der Waals surface area contributed by atoms with Gasteiger partial charge in [0.1, 0.15) is 22.1 Å². The predicted octanol–water partition coefficient (Wildman–Crippen LogP) is 5.68. The zero-order valence-corrected chi connectivity index (χ0v) is 15.4. The summed E-state index contributed by atoms with van der Waals surface area (Å²) in [6.45, 7) is 0. The summed E-state index contributed by atoms with van der Waals surface area (Å²) in [5.74, 6) is 0. The number of nitrogens with zero attached hydrogens (tertiary/aromatic N) is 4. The predicted molar refractivity (Wildman–Crippen MR) is 91.3 cm³/mol. The van der Waals surface area contributed by atoms with Gasteiger partial charge in [-0.25, -0.2) is 0 Å². The lowest BCUT2D eigenvalue weighted by Gasteiger charge is -2.08. The molecule has 10 heteroatoms. The molecular formula is C10Br2Cl2N4S2. The molecule has 20 heavy (non-hydrogen) atoms. The van der Waals surface area contributed by atoms with Gasteiger partial charge in [0, 0.05) is 10.8 Å². The Morgan fingerprint density at radius 3 is 1.40 bits per heavy atom. The van der Waals surface area contributed by atoms with Crippen LogP contribution in [0.2, 0.25) is 10.0 Å².